The summed E-state index contributed by atoms with van der Waals surface area (Å²) in [5, 5.41) is 12.1. The number of halogens is 1. The van der Waals surface area contributed by atoms with Crippen LogP contribution in [-0.2, 0) is 0 Å². The fourth-order valence-electron chi connectivity index (χ4n) is 3.41. The van der Waals surface area contributed by atoms with Gasteiger partial charge in [0.25, 0.3) is 5.91 Å². The third kappa shape index (κ3) is 4.26. The van der Waals surface area contributed by atoms with Crippen molar-refractivity contribution < 1.29 is 9.53 Å². The number of piperidine rings is 1. The van der Waals surface area contributed by atoms with Crippen LogP contribution in [0.4, 0.5) is 11.4 Å². The minimum atomic E-state index is -0.462. The normalized spacial score (nSPS) is 15.4. The van der Waals surface area contributed by atoms with Crippen molar-refractivity contribution in [1.82, 2.24) is 15.1 Å². The van der Waals surface area contributed by atoms with Crippen LogP contribution in [0.15, 0.2) is 42.5 Å². The Labute approximate surface area is 173 Å². The van der Waals surface area contributed by atoms with Crippen molar-refractivity contribution in [2.75, 3.05) is 31.2 Å². The van der Waals surface area contributed by atoms with Gasteiger partial charge in [0.2, 0.25) is 0 Å². The highest BCUT2D eigenvalue weighted by Crippen LogP contribution is 2.31. The van der Waals surface area contributed by atoms with E-state index in [1.165, 1.54) is 0 Å². The number of carbonyl (C=O) groups is 1. The van der Waals surface area contributed by atoms with E-state index >= 15 is 0 Å². The van der Waals surface area contributed by atoms with Crippen molar-refractivity contribution in [2.24, 2.45) is 0 Å². The van der Waals surface area contributed by atoms with Gasteiger partial charge in [0.05, 0.1) is 16.9 Å². The molecule has 3 aromatic rings. The average molecular weight is 412 g/mol. The van der Waals surface area contributed by atoms with Gasteiger partial charge in [-0.05, 0) is 44.2 Å². The number of anilines is 2. The first kappa shape index (κ1) is 19.4. The number of carbonyl (C=O) groups excluding carboxylic acids is 1. The van der Waals surface area contributed by atoms with E-state index in [1.807, 2.05) is 18.2 Å². The van der Waals surface area contributed by atoms with Crippen molar-refractivity contribution in [1.29, 1.82) is 0 Å². The van der Waals surface area contributed by atoms with Crippen molar-refractivity contribution >= 4 is 39.8 Å². The summed E-state index contributed by atoms with van der Waals surface area (Å²) in [6, 6.07) is 12.5. The minimum Gasteiger partial charge on any atom is -0.488 e. The SMILES string of the molecule is CN1CCC(Oc2ccc(Cl)cc2NC(=O)c2nnc3ccccc3c2N)CC1. The van der Waals surface area contributed by atoms with Crippen molar-refractivity contribution in [3.05, 3.63) is 53.2 Å². The lowest BCUT2D eigenvalue weighted by molar-refractivity contribution is 0.101. The van der Waals surface area contributed by atoms with E-state index in [2.05, 4.69) is 27.5 Å². The molecule has 0 spiro atoms. The first-order chi connectivity index (χ1) is 14.0. The summed E-state index contributed by atoms with van der Waals surface area (Å²) in [7, 11) is 2.10. The van der Waals surface area contributed by atoms with E-state index < -0.39 is 5.91 Å². The summed E-state index contributed by atoms with van der Waals surface area (Å²) in [6.45, 7) is 1.95. The van der Waals surface area contributed by atoms with Crippen LogP contribution in [0, 0.1) is 0 Å². The second kappa shape index (κ2) is 8.23. The number of hydrogen-bond donors (Lipinski definition) is 2. The Kier molecular flexibility index (Phi) is 5.51. The standard InChI is InChI=1S/C21H22ClN5O2/c1-27-10-8-14(9-11-27)29-18-7-6-13(22)12-17(18)24-21(28)20-19(23)15-4-2-3-5-16(15)25-26-20/h2-7,12,14H,8-11H2,1H3,(H2,23,25)(H,24,28). The van der Waals surface area contributed by atoms with E-state index in [-0.39, 0.29) is 17.5 Å². The second-order valence-electron chi connectivity index (χ2n) is 7.19. The number of hydrogen-bond acceptors (Lipinski definition) is 6. The highest BCUT2D eigenvalue weighted by Gasteiger charge is 2.21. The quantitative estimate of drug-likeness (QED) is 0.681. The van der Waals surface area contributed by atoms with E-state index in [0.717, 1.165) is 25.9 Å². The van der Waals surface area contributed by atoms with E-state index in [9.17, 15) is 4.79 Å². The van der Waals surface area contributed by atoms with Crippen molar-refractivity contribution in [2.45, 2.75) is 18.9 Å². The molecule has 1 aromatic heterocycles. The number of rotatable bonds is 4. The van der Waals surface area contributed by atoms with Gasteiger partial charge in [-0.15, -0.1) is 10.2 Å². The summed E-state index contributed by atoms with van der Waals surface area (Å²) in [6.07, 6.45) is 1.94. The molecule has 0 unspecified atom stereocenters. The van der Waals surface area contributed by atoms with Crippen LogP contribution in [0.1, 0.15) is 23.3 Å². The largest absolute Gasteiger partial charge is 0.488 e. The number of aromatic nitrogens is 2. The number of benzene rings is 2. The molecule has 0 atom stereocenters. The zero-order chi connectivity index (χ0) is 20.4. The first-order valence-corrected chi connectivity index (χ1v) is 9.86. The Morgan fingerprint density at radius 1 is 1.21 bits per heavy atom. The Hall–Kier alpha value is -2.90. The third-order valence-electron chi connectivity index (χ3n) is 5.07. The lowest BCUT2D eigenvalue weighted by atomic mass is 10.1. The number of ether oxygens (including phenoxy) is 1. The summed E-state index contributed by atoms with van der Waals surface area (Å²) < 4.78 is 6.16. The highest BCUT2D eigenvalue weighted by molar-refractivity contribution is 6.31. The number of nitrogen functional groups attached to an aromatic ring is 1. The third-order valence-corrected chi connectivity index (χ3v) is 5.31. The number of likely N-dealkylation sites (tertiary alicyclic amines) is 1. The molecule has 2 heterocycles. The Bertz CT molecular complexity index is 1050. The zero-order valence-electron chi connectivity index (χ0n) is 16.1. The molecule has 0 bridgehead atoms. The molecule has 4 rings (SSSR count). The number of nitrogens with one attached hydrogen (secondary N) is 1. The molecule has 0 aliphatic carbocycles. The van der Waals surface area contributed by atoms with Gasteiger partial charge >= 0.3 is 0 Å². The van der Waals surface area contributed by atoms with Gasteiger partial charge in [0.15, 0.2) is 5.69 Å². The molecule has 29 heavy (non-hydrogen) atoms. The lowest BCUT2D eigenvalue weighted by Crippen LogP contribution is -2.35. The summed E-state index contributed by atoms with van der Waals surface area (Å²) in [5.74, 6) is 0.112. The predicted molar refractivity (Wildman–Crippen MR) is 115 cm³/mol. The van der Waals surface area contributed by atoms with Gasteiger partial charge in [-0.1, -0.05) is 29.8 Å². The molecule has 1 amide bonds. The first-order valence-electron chi connectivity index (χ1n) is 9.48. The molecule has 1 fully saturated rings. The number of fused-ring (bicyclic) bond motifs is 1. The summed E-state index contributed by atoms with van der Waals surface area (Å²) >= 11 is 6.15. The molecule has 0 saturated carbocycles. The molecule has 1 saturated heterocycles. The van der Waals surface area contributed by atoms with Crippen LogP contribution in [0.2, 0.25) is 5.02 Å². The zero-order valence-corrected chi connectivity index (χ0v) is 16.8. The molecule has 1 aliphatic heterocycles. The van der Waals surface area contributed by atoms with Gasteiger partial charge in [0, 0.05) is 23.5 Å². The topological polar surface area (TPSA) is 93.4 Å². The van der Waals surface area contributed by atoms with Crippen LogP contribution in [0.25, 0.3) is 10.9 Å². The Morgan fingerprint density at radius 2 is 1.97 bits per heavy atom. The maximum atomic E-state index is 12.9. The number of amides is 1. The molecule has 7 nitrogen and oxygen atoms in total. The molecule has 8 heteroatoms. The van der Waals surface area contributed by atoms with E-state index in [1.54, 1.807) is 24.3 Å². The van der Waals surface area contributed by atoms with Crippen LogP contribution in [-0.4, -0.2) is 47.2 Å². The minimum absolute atomic E-state index is 0.0638. The van der Waals surface area contributed by atoms with E-state index in [4.69, 9.17) is 22.1 Å². The molecular weight excluding hydrogens is 390 g/mol. The van der Waals surface area contributed by atoms with Crippen LogP contribution in [0.3, 0.4) is 0 Å². The highest BCUT2D eigenvalue weighted by atomic mass is 35.5. The van der Waals surface area contributed by atoms with Gasteiger partial charge in [0.1, 0.15) is 11.9 Å². The monoisotopic (exact) mass is 411 g/mol. The predicted octanol–water partition coefficient (Wildman–Crippen LogP) is 3.59. The molecule has 3 N–H and O–H groups in total. The molecule has 0 radical (unpaired) electrons. The average Bonchev–Trinajstić information content (AvgIpc) is 2.72. The second-order valence-corrected chi connectivity index (χ2v) is 7.63. The number of nitrogens with zero attached hydrogens (tertiary/aromatic N) is 3. The van der Waals surface area contributed by atoms with Crippen molar-refractivity contribution in [3.63, 3.8) is 0 Å². The molecule has 1 aliphatic rings. The smallest absolute Gasteiger partial charge is 0.278 e. The fraction of sp³-hybridized carbons (Fsp3) is 0.286. The molecule has 2 aromatic carbocycles. The summed E-state index contributed by atoms with van der Waals surface area (Å²) in [5.41, 5.74) is 7.64. The van der Waals surface area contributed by atoms with Crippen LogP contribution < -0.4 is 15.8 Å². The van der Waals surface area contributed by atoms with Crippen LogP contribution >= 0.6 is 11.6 Å². The van der Waals surface area contributed by atoms with Gasteiger partial charge < -0.3 is 20.7 Å². The molecule has 150 valence electrons. The lowest BCUT2D eigenvalue weighted by Gasteiger charge is -2.30. The maximum Gasteiger partial charge on any atom is 0.278 e. The maximum absolute atomic E-state index is 12.9. The van der Waals surface area contributed by atoms with Crippen molar-refractivity contribution in [3.8, 4) is 5.75 Å². The van der Waals surface area contributed by atoms with Gasteiger partial charge in [-0.2, -0.15) is 0 Å². The fourth-order valence-corrected chi connectivity index (χ4v) is 3.58. The van der Waals surface area contributed by atoms with Crippen LogP contribution in [0.5, 0.6) is 5.75 Å². The number of nitrogens with two attached hydrogens (primary N) is 1. The van der Waals surface area contributed by atoms with Gasteiger partial charge in [-0.25, -0.2) is 0 Å². The van der Waals surface area contributed by atoms with Gasteiger partial charge in [-0.3, -0.25) is 4.79 Å². The molecular formula is C21H22ClN5O2. The Balaban J connectivity index is 1.58. The summed E-state index contributed by atoms with van der Waals surface area (Å²) in [4.78, 5) is 15.1. The Morgan fingerprint density at radius 3 is 2.76 bits per heavy atom. The van der Waals surface area contributed by atoms with E-state index in [0.29, 0.717) is 27.4 Å².